The Kier molecular flexibility index (Phi) is 5.84. The third-order valence-corrected chi connectivity index (χ3v) is 5.04. The second-order valence-corrected chi connectivity index (χ2v) is 7.20. The molecule has 0 aliphatic heterocycles. The lowest BCUT2D eigenvalue weighted by atomic mass is 10.00. The number of fused-ring (bicyclic) bond motifs is 1. The minimum Gasteiger partial charge on any atom is -0.404 e. The smallest absolute Gasteiger partial charge is 0.404 e. The van der Waals surface area contributed by atoms with Crippen molar-refractivity contribution in [2.45, 2.75) is 6.18 Å². The number of carbonyl (C=O) groups is 1. The van der Waals surface area contributed by atoms with Crippen molar-refractivity contribution in [2.24, 2.45) is 16.5 Å². The lowest BCUT2D eigenvalue weighted by Crippen LogP contribution is -2.12. The molecule has 0 atom stereocenters. The summed E-state index contributed by atoms with van der Waals surface area (Å²) in [5, 5.41) is 0.457. The lowest BCUT2D eigenvalue weighted by molar-refractivity contribution is -0.140. The Labute approximate surface area is 191 Å². The van der Waals surface area contributed by atoms with Crippen molar-refractivity contribution in [1.29, 1.82) is 0 Å². The number of benzene rings is 1. The van der Waals surface area contributed by atoms with E-state index in [0.29, 0.717) is 27.9 Å². The first-order chi connectivity index (χ1) is 16.2. The molecule has 8 nitrogen and oxygen atoms in total. The molecule has 0 fully saturated rings. The fourth-order valence-corrected chi connectivity index (χ4v) is 3.46. The molecular weight excluding hydrogens is 447 g/mol. The van der Waals surface area contributed by atoms with Gasteiger partial charge in [0.2, 0.25) is 0 Å². The number of hydrogen-bond donors (Lipinski definition) is 2. The van der Waals surface area contributed by atoms with Crippen LogP contribution in [0.3, 0.4) is 0 Å². The molecule has 0 aliphatic rings. The quantitative estimate of drug-likeness (QED) is 0.436. The standard InChI is InChI=1S/C23H18F3N7O/c1-29-9-14(8-27)18-11-33(12-31-18)19-4-2-3-15-16(7-20(23(24,25)26)32-21(15)19)13-5-6-17(22(28)34)30-10-13/h2-12H,27H2,1H3,(H2,28,34). The fourth-order valence-electron chi connectivity index (χ4n) is 3.46. The molecule has 1 amide bonds. The van der Waals surface area contributed by atoms with Crippen LogP contribution >= 0.6 is 0 Å². The Morgan fingerprint density at radius 1 is 1.15 bits per heavy atom. The molecule has 1 aromatic carbocycles. The van der Waals surface area contributed by atoms with Gasteiger partial charge in [-0.1, -0.05) is 18.2 Å². The van der Waals surface area contributed by atoms with Gasteiger partial charge in [0.25, 0.3) is 5.91 Å². The number of imidazole rings is 1. The predicted molar refractivity (Wildman–Crippen MR) is 122 cm³/mol. The maximum absolute atomic E-state index is 13.8. The number of halogens is 3. The van der Waals surface area contributed by atoms with E-state index in [-0.39, 0.29) is 16.8 Å². The lowest BCUT2D eigenvalue weighted by Gasteiger charge is -2.14. The Morgan fingerprint density at radius 2 is 1.94 bits per heavy atom. The minimum absolute atomic E-state index is 0.00386. The van der Waals surface area contributed by atoms with E-state index < -0.39 is 17.8 Å². The summed E-state index contributed by atoms with van der Waals surface area (Å²) in [5.74, 6) is -0.737. The molecule has 0 aliphatic carbocycles. The summed E-state index contributed by atoms with van der Waals surface area (Å²) in [6.07, 6.45) is 2.56. The van der Waals surface area contributed by atoms with E-state index in [4.69, 9.17) is 11.5 Å². The summed E-state index contributed by atoms with van der Waals surface area (Å²) in [4.78, 5) is 27.4. The normalized spacial score (nSPS) is 12.5. The first kappa shape index (κ1) is 22.6. The number of pyridine rings is 2. The molecule has 0 saturated heterocycles. The monoisotopic (exact) mass is 465 g/mol. The number of para-hydroxylation sites is 1. The summed E-state index contributed by atoms with van der Waals surface area (Å²) in [6.45, 7) is 0. The largest absolute Gasteiger partial charge is 0.433 e. The number of alkyl halides is 3. The molecule has 0 saturated carbocycles. The SMILES string of the molecule is CN=CC(=CN)c1cn(-c2cccc3c(-c4ccc(C(N)=O)nc4)cc(C(F)(F)F)nc23)cn1. The molecule has 3 heterocycles. The van der Waals surface area contributed by atoms with E-state index in [1.807, 2.05) is 0 Å². The van der Waals surface area contributed by atoms with Crippen LogP contribution in [0.5, 0.6) is 0 Å². The van der Waals surface area contributed by atoms with Crippen molar-refractivity contribution in [3.8, 4) is 16.8 Å². The second kappa shape index (κ2) is 8.77. The molecule has 3 aromatic heterocycles. The maximum Gasteiger partial charge on any atom is 0.433 e. The number of nitrogens with two attached hydrogens (primary N) is 2. The van der Waals surface area contributed by atoms with E-state index in [2.05, 4.69) is 19.9 Å². The number of nitrogens with zero attached hydrogens (tertiary/aromatic N) is 5. The summed E-state index contributed by atoms with van der Waals surface area (Å²) < 4.78 is 42.9. The summed E-state index contributed by atoms with van der Waals surface area (Å²) in [5.41, 5.74) is 12.0. The Morgan fingerprint density at radius 3 is 2.56 bits per heavy atom. The van der Waals surface area contributed by atoms with E-state index in [9.17, 15) is 18.0 Å². The van der Waals surface area contributed by atoms with Crippen molar-refractivity contribution in [3.63, 3.8) is 0 Å². The molecule has 172 valence electrons. The molecular formula is C23H18F3N7O. The van der Waals surface area contributed by atoms with Crippen LogP contribution < -0.4 is 11.5 Å². The number of rotatable bonds is 5. The fraction of sp³-hybridized carbons (Fsp3) is 0.0870. The highest BCUT2D eigenvalue weighted by Gasteiger charge is 2.34. The third-order valence-electron chi connectivity index (χ3n) is 5.04. The molecule has 0 radical (unpaired) electrons. The first-order valence-corrected chi connectivity index (χ1v) is 9.89. The van der Waals surface area contributed by atoms with Crippen LogP contribution in [-0.4, -0.2) is 38.7 Å². The van der Waals surface area contributed by atoms with Gasteiger partial charge in [0.05, 0.1) is 23.2 Å². The van der Waals surface area contributed by atoms with Crippen LogP contribution in [0.1, 0.15) is 21.9 Å². The number of aliphatic imine (C=N–C) groups is 1. The first-order valence-electron chi connectivity index (χ1n) is 9.89. The molecule has 4 N–H and O–H groups in total. The molecule has 4 aromatic rings. The van der Waals surface area contributed by atoms with Crippen LogP contribution in [-0.2, 0) is 6.18 Å². The second-order valence-electron chi connectivity index (χ2n) is 7.20. The van der Waals surface area contributed by atoms with Crippen LogP contribution in [0, 0.1) is 0 Å². The number of aromatic nitrogens is 4. The molecule has 0 bridgehead atoms. The molecule has 4 rings (SSSR count). The highest BCUT2D eigenvalue weighted by Crippen LogP contribution is 2.37. The van der Waals surface area contributed by atoms with Crippen molar-refractivity contribution in [1.82, 2.24) is 19.5 Å². The molecule has 0 unspecified atom stereocenters. The molecule has 0 spiro atoms. The molecule has 11 heteroatoms. The molecule has 34 heavy (non-hydrogen) atoms. The Balaban J connectivity index is 1.95. The topological polar surface area (TPSA) is 125 Å². The van der Waals surface area contributed by atoms with Gasteiger partial charge in [-0.15, -0.1) is 0 Å². The highest BCUT2D eigenvalue weighted by molar-refractivity contribution is 6.08. The summed E-state index contributed by atoms with van der Waals surface area (Å²) >= 11 is 0. The van der Waals surface area contributed by atoms with Gasteiger partial charge in [-0.05, 0) is 23.8 Å². The number of allylic oxidation sites excluding steroid dienone is 1. The summed E-state index contributed by atoms with van der Waals surface area (Å²) in [6, 6.07) is 8.81. The van der Waals surface area contributed by atoms with Gasteiger partial charge in [-0.2, -0.15) is 13.2 Å². The van der Waals surface area contributed by atoms with E-state index in [1.165, 1.54) is 37.1 Å². The minimum atomic E-state index is -4.69. The van der Waals surface area contributed by atoms with Gasteiger partial charge in [-0.25, -0.2) is 9.97 Å². The maximum atomic E-state index is 13.8. The average molecular weight is 465 g/mol. The van der Waals surface area contributed by atoms with Gasteiger partial charge in [-0.3, -0.25) is 14.8 Å². The van der Waals surface area contributed by atoms with Gasteiger partial charge in [0.15, 0.2) is 0 Å². The van der Waals surface area contributed by atoms with Crippen LogP contribution in [0.25, 0.3) is 33.3 Å². The van der Waals surface area contributed by atoms with Crippen LogP contribution in [0.15, 0.2) is 66.3 Å². The van der Waals surface area contributed by atoms with Crippen molar-refractivity contribution in [2.75, 3.05) is 7.05 Å². The van der Waals surface area contributed by atoms with Crippen LogP contribution in [0.2, 0.25) is 0 Å². The predicted octanol–water partition coefficient (Wildman–Crippen LogP) is 3.60. The van der Waals surface area contributed by atoms with Gasteiger partial charge < -0.3 is 16.0 Å². The zero-order chi connectivity index (χ0) is 24.5. The van der Waals surface area contributed by atoms with Gasteiger partial charge in [0.1, 0.15) is 11.4 Å². The van der Waals surface area contributed by atoms with E-state index >= 15 is 0 Å². The zero-order valence-electron chi connectivity index (χ0n) is 17.8. The Bertz CT molecular complexity index is 1440. The van der Waals surface area contributed by atoms with Crippen molar-refractivity contribution < 1.29 is 18.0 Å². The van der Waals surface area contributed by atoms with E-state index in [1.54, 1.807) is 36.0 Å². The van der Waals surface area contributed by atoms with Crippen LogP contribution in [0.4, 0.5) is 13.2 Å². The average Bonchev–Trinajstić information content (AvgIpc) is 3.30. The zero-order valence-corrected chi connectivity index (χ0v) is 17.8. The Hall–Kier alpha value is -4.54. The van der Waals surface area contributed by atoms with Gasteiger partial charge in [0, 0.05) is 48.4 Å². The van der Waals surface area contributed by atoms with Crippen molar-refractivity contribution in [3.05, 3.63) is 78.4 Å². The number of carbonyl (C=O) groups excluding carboxylic acids is 1. The third kappa shape index (κ3) is 4.22. The van der Waals surface area contributed by atoms with Crippen molar-refractivity contribution >= 4 is 28.6 Å². The van der Waals surface area contributed by atoms with E-state index in [0.717, 1.165) is 6.07 Å². The number of amides is 1. The van der Waals surface area contributed by atoms with Gasteiger partial charge >= 0.3 is 6.18 Å². The number of hydrogen-bond acceptors (Lipinski definition) is 6. The highest BCUT2D eigenvalue weighted by atomic mass is 19.4. The number of primary amides is 1. The summed E-state index contributed by atoms with van der Waals surface area (Å²) in [7, 11) is 1.58.